The van der Waals surface area contributed by atoms with Crippen molar-refractivity contribution < 1.29 is 9.59 Å². The molecule has 168 valence electrons. The minimum Gasteiger partial charge on any atom is -0.354 e. The minimum absolute atomic E-state index is 0.0140. The Bertz CT molecular complexity index is 1130. The number of aromatic nitrogens is 1. The average molecular weight is 450 g/mol. The number of hydrogen-bond acceptors (Lipinski definition) is 3. The number of hydrogen-bond donors (Lipinski definition) is 1. The monoisotopic (exact) mass is 449 g/mol. The SMILES string of the molecule is Cc1ccc(CN2C(=O)CSc3c(c4ccccc4n3C)[C@H]2C(=O)NCCC(C)C)cc1. The molecule has 0 saturated heterocycles. The van der Waals surface area contributed by atoms with Crippen molar-refractivity contribution in [1.29, 1.82) is 0 Å². The molecule has 5 nitrogen and oxygen atoms in total. The van der Waals surface area contributed by atoms with E-state index in [0.717, 1.165) is 33.5 Å². The zero-order chi connectivity index (χ0) is 22.8. The van der Waals surface area contributed by atoms with Crippen molar-refractivity contribution >= 4 is 34.5 Å². The molecule has 32 heavy (non-hydrogen) atoms. The molecular weight excluding hydrogens is 418 g/mol. The first-order valence-corrected chi connectivity index (χ1v) is 12.2. The largest absolute Gasteiger partial charge is 0.354 e. The van der Waals surface area contributed by atoms with Crippen LogP contribution in [0.1, 0.15) is 43.0 Å². The normalized spacial score (nSPS) is 16.3. The van der Waals surface area contributed by atoms with Gasteiger partial charge in [0, 0.05) is 36.6 Å². The molecule has 0 spiro atoms. The third-order valence-electron chi connectivity index (χ3n) is 6.07. The van der Waals surface area contributed by atoms with Gasteiger partial charge in [0.1, 0.15) is 6.04 Å². The van der Waals surface area contributed by atoms with Crippen LogP contribution in [0.25, 0.3) is 10.9 Å². The van der Waals surface area contributed by atoms with Crippen molar-refractivity contribution in [3.8, 4) is 0 Å². The smallest absolute Gasteiger partial charge is 0.247 e. The van der Waals surface area contributed by atoms with Gasteiger partial charge < -0.3 is 14.8 Å². The van der Waals surface area contributed by atoms with Crippen molar-refractivity contribution in [1.82, 2.24) is 14.8 Å². The van der Waals surface area contributed by atoms with Gasteiger partial charge in [0.2, 0.25) is 11.8 Å². The molecule has 6 heteroatoms. The van der Waals surface area contributed by atoms with Crippen LogP contribution in [0.2, 0.25) is 0 Å². The molecule has 2 aromatic carbocycles. The Morgan fingerprint density at radius 3 is 2.59 bits per heavy atom. The van der Waals surface area contributed by atoms with Crippen LogP contribution >= 0.6 is 11.8 Å². The van der Waals surface area contributed by atoms with E-state index in [1.165, 1.54) is 17.3 Å². The van der Waals surface area contributed by atoms with Gasteiger partial charge in [0.25, 0.3) is 0 Å². The van der Waals surface area contributed by atoms with Crippen LogP contribution in [0.3, 0.4) is 0 Å². The Hall–Kier alpha value is -2.73. The summed E-state index contributed by atoms with van der Waals surface area (Å²) in [5, 5.41) is 5.15. The second kappa shape index (κ2) is 9.41. The summed E-state index contributed by atoms with van der Waals surface area (Å²) in [5.41, 5.74) is 4.21. The second-order valence-electron chi connectivity index (χ2n) is 8.97. The van der Waals surface area contributed by atoms with E-state index in [9.17, 15) is 9.59 Å². The second-order valence-corrected chi connectivity index (χ2v) is 9.93. The van der Waals surface area contributed by atoms with Gasteiger partial charge in [-0.25, -0.2) is 0 Å². The number of amides is 2. The summed E-state index contributed by atoms with van der Waals surface area (Å²) in [6.07, 6.45) is 0.904. The molecule has 1 aliphatic heterocycles. The minimum atomic E-state index is -0.660. The molecule has 0 radical (unpaired) electrons. The van der Waals surface area contributed by atoms with Gasteiger partial charge in [-0.2, -0.15) is 0 Å². The molecule has 1 aliphatic rings. The van der Waals surface area contributed by atoms with Crippen molar-refractivity contribution in [2.24, 2.45) is 13.0 Å². The molecule has 1 atom stereocenters. The first kappa shape index (κ1) is 22.5. The highest BCUT2D eigenvalue weighted by Gasteiger charge is 2.38. The maximum absolute atomic E-state index is 13.6. The van der Waals surface area contributed by atoms with Gasteiger partial charge in [0.15, 0.2) is 0 Å². The van der Waals surface area contributed by atoms with E-state index in [4.69, 9.17) is 0 Å². The molecule has 4 rings (SSSR count). The van der Waals surface area contributed by atoms with E-state index in [-0.39, 0.29) is 11.8 Å². The van der Waals surface area contributed by atoms with Crippen LogP contribution in [-0.4, -0.2) is 33.6 Å². The third kappa shape index (κ3) is 4.42. The number of thioether (sulfide) groups is 1. The summed E-state index contributed by atoms with van der Waals surface area (Å²) < 4.78 is 2.12. The van der Waals surface area contributed by atoms with Gasteiger partial charge in [0.05, 0.1) is 10.8 Å². The van der Waals surface area contributed by atoms with E-state index >= 15 is 0 Å². The van der Waals surface area contributed by atoms with E-state index in [1.54, 1.807) is 4.90 Å². The zero-order valence-electron chi connectivity index (χ0n) is 19.2. The lowest BCUT2D eigenvalue weighted by Gasteiger charge is -2.30. The molecule has 1 N–H and O–H groups in total. The molecule has 0 bridgehead atoms. The topological polar surface area (TPSA) is 54.3 Å². The molecule has 0 saturated carbocycles. The summed E-state index contributed by atoms with van der Waals surface area (Å²) in [6.45, 7) is 7.34. The quantitative estimate of drug-likeness (QED) is 0.587. The number of aryl methyl sites for hydroxylation is 2. The van der Waals surface area contributed by atoms with Crippen LogP contribution in [0, 0.1) is 12.8 Å². The zero-order valence-corrected chi connectivity index (χ0v) is 20.0. The molecular formula is C26H31N3O2S. The molecule has 2 heterocycles. The highest BCUT2D eigenvalue weighted by Crippen LogP contribution is 2.42. The Balaban J connectivity index is 1.80. The van der Waals surface area contributed by atoms with Crippen molar-refractivity contribution in [3.63, 3.8) is 0 Å². The fourth-order valence-electron chi connectivity index (χ4n) is 4.27. The summed E-state index contributed by atoms with van der Waals surface area (Å²) in [4.78, 5) is 28.7. The fourth-order valence-corrected chi connectivity index (χ4v) is 5.37. The predicted molar refractivity (Wildman–Crippen MR) is 131 cm³/mol. The lowest BCUT2D eigenvalue weighted by molar-refractivity contribution is -0.139. The van der Waals surface area contributed by atoms with Crippen LogP contribution in [0.4, 0.5) is 0 Å². The van der Waals surface area contributed by atoms with Gasteiger partial charge in [-0.3, -0.25) is 9.59 Å². The number of nitrogens with zero attached hydrogens (tertiary/aromatic N) is 2. The van der Waals surface area contributed by atoms with Gasteiger partial charge >= 0.3 is 0 Å². The van der Waals surface area contributed by atoms with E-state index < -0.39 is 6.04 Å². The van der Waals surface area contributed by atoms with Crippen LogP contribution in [0.15, 0.2) is 53.6 Å². The number of rotatable bonds is 6. The third-order valence-corrected chi connectivity index (χ3v) is 7.23. The maximum Gasteiger partial charge on any atom is 0.247 e. The van der Waals surface area contributed by atoms with Gasteiger partial charge in [-0.05, 0) is 30.9 Å². The number of carbonyl (C=O) groups is 2. The number of benzene rings is 2. The Morgan fingerprint density at radius 1 is 1.16 bits per heavy atom. The number of para-hydroxylation sites is 1. The molecule has 2 amide bonds. The summed E-state index contributed by atoms with van der Waals surface area (Å²) in [6, 6.07) is 15.7. The number of fused-ring (bicyclic) bond motifs is 3. The highest BCUT2D eigenvalue weighted by atomic mass is 32.2. The Kier molecular flexibility index (Phi) is 6.60. The van der Waals surface area contributed by atoms with Gasteiger partial charge in [-0.1, -0.05) is 73.6 Å². The highest BCUT2D eigenvalue weighted by molar-refractivity contribution is 8.00. The molecule has 0 aliphatic carbocycles. The molecule has 1 aromatic heterocycles. The Labute approximate surface area is 194 Å². The number of nitrogens with one attached hydrogen (secondary N) is 1. The summed E-state index contributed by atoms with van der Waals surface area (Å²) in [5.74, 6) is 0.697. The van der Waals surface area contributed by atoms with Crippen LogP contribution < -0.4 is 5.32 Å². The van der Waals surface area contributed by atoms with E-state index in [0.29, 0.717) is 24.8 Å². The lowest BCUT2D eigenvalue weighted by Crippen LogP contribution is -2.43. The first-order valence-electron chi connectivity index (χ1n) is 11.2. The van der Waals surface area contributed by atoms with E-state index in [1.807, 2.05) is 50.4 Å². The molecule has 3 aromatic rings. The van der Waals surface area contributed by atoms with Crippen LogP contribution in [-0.2, 0) is 23.2 Å². The van der Waals surface area contributed by atoms with E-state index in [2.05, 4.69) is 35.9 Å². The molecule has 0 unspecified atom stereocenters. The summed E-state index contributed by atoms with van der Waals surface area (Å²) >= 11 is 1.53. The van der Waals surface area contributed by atoms with Gasteiger partial charge in [-0.15, -0.1) is 0 Å². The van der Waals surface area contributed by atoms with Crippen molar-refractivity contribution in [3.05, 3.63) is 65.2 Å². The average Bonchev–Trinajstić information content (AvgIpc) is 2.95. The van der Waals surface area contributed by atoms with Crippen molar-refractivity contribution in [2.45, 2.75) is 44.8 Å². The first-order chi connectivity index (χ1) is 15.4. The maximum atomic E-state index is 13.6. The standard InChI is InChI=1S/C26H31N3O2S/c1-17(2)13-14-27-25(31)24-23-20-7-5-6-8-21(20)28(4)26(23)32-16-22(30)29(24)15-19-11-9-18(3)10-12-19/h5-12,17,24H,13-16H2,1-4H3,(H,27,31)/t24-/m0/s1. The Morgan fingerprint density at radius 2 is 1.88 bits per heavy atom. The fraction of sp³-hybridized carbons (Fsp3) is 0.385. The molecule has 0 fully saturated rings. The summed E-state index contributed by atoms with van der Waals surface area (Å²) in [7, 11) is 2.02. The van der Waals surface area contributed by atoms with Crippen LogP contribution in [0.5, 0.6) is 0 Å². The number of carbonyl (C=O) groups excluding carboxylic acids is 2. The predicted octanol–water partition coefficient (Wildman–Crippen LogP) is 4.82. The van der Waals surface area contributed by atoms with Crippen molar-refractivity contribution in [2.75, 3.05) is 12.3 Å². The lowest BCUT2D eigenvalue weighted by atomic mass is 10.0.